The SMILES string of the molecule is COc1cccc(C(=O)N2CCN(c3cc(Cl)nc(SCC(=O)NCCC(c4ccccc4)c4ccccc4)n3)CC2C)c1. The Balaban J connectivity index is 1.14. The van der Waals surface area contributed by atoms with Crippen molar-refractivity contribution < 1.29 is 14.3 Å². The standard InChI is InChI=1S/C34H36ClN5O3S/c1-24-22-39(18-19-40(24)33(42)27-14-9-15-28(20-27)43-2)31-21-30(35)37-34(38-31)44-23-32(41)36-17-16-29(25-10-5-3-6-11-25)26-12-7-4-8-13-26/h3-15,20-21,24,29H,16-19,22-23H2,1-2H3,(H,36,41). The first-order valence-electron chi connectivity index (χ1n) is 14.6. The zero-order valence-corrected chi connectivity index (χ0v) is 26.4. The first-order chi connectivity index (χ1) is 21.4. The van der Waals surface area contributed by atoms with E-state index in [2.05, 4.69) is 39.5 Å². The van der Waals surface area contributed by atoms with E-state index in [1.807, 2.05) is 60.4 Å². The lowest BCUT2D eigenvalue weighted by Gasteiger charge is -2.40. The van der Waals surface area contributed by atoms with Gasteiger partial charge in [0.25, 0.3) is 5.91 Å². The Hall–Kier alpha value is -4.08. The molecule has 1 aliphatic heterocycles. The number of nitrogens with zero attached hydrogens (tertiary/aromatic N) is 4. The number of carbonyl (C=O) groups excluding carboxylic acids is 2. The second kappa shape index (κ2) is 15.1. The van der Waals surface area contributed by atoms with Crippen molar-refractivity contribution in [1.82, 2.24) is 20.2 Å². The maximum atomic E-state index is 13.2. The molecule has 1 unspecified atom stereocenters. The molecule has 1 aromatic heterocycles. The monoisotopic (exact) mass is 629 g/mol. The van der Waals surface area contributed by atoms with Crippen LogP contribution in [0.25, 0.3) is 0 Å². The van der Waals surface area contributed by atoms with E-state index in [1.54, 1.807) is 25.3 Å². The van der Waals surface area contributed by atoms with Crippen molar-refractivity contribution in [3.8, 4) is 5.75 Å². The minimum Gasteiger partial charge on any atom is -0.497 e. The smallest absolute Gasteiger partial charge is 0.254 e. The molecule has 0 saturated carbocycles. The van der Waals surface area contributed by atoms with Gasteiger partial charge < -0.3 is 19.9 Å². The van der Waals surface area contributed by atoms with Gasteiger partial charge in [0.2, 0.25) is 5.91 Å². The normalized spacial score (nSPS) is 14.9. The molecule has 1 atom stereocenters. The molecule has 4 aromatic rings. The highest BCUT2D eigenvalue weighted by Crippen LogP contribution is 2.28. The molecule has 0 aliphatic carbocycles. The molecular weight excluding hydrogens is 594 g/mol. The summed E-state index contributed by atoms with van der Waals surface area (Å²) < 4.78 is 5.28. The predicted octanol–water partition coefficient (Wildman–Crippen LogP) is 5.92. The average molecular weight is 630 g/mol. The largest absolute Gasteiger partial charge is 0.497 e. The summed E-state index contributed by atoms with van der Waals surface area (Å²) in [6, 6.07) is 29.6. The van der Waals surface area contributed by atoms with Crippen LogP contribution in [0.5, 0.6) is 5.75 Å². The fourth-order valence-electron chi connectivity index (χ4n) is 5.43. The zero-order chi connectivity index (χ0) is 30.9. The summed E-state index contributed by atoms with van der Waals surface area (Å²) in [5, 5.41) is 3.81. The molecule has 1 fully saturated rings. The Morgan fingerprint density at radius 1 is 0.977 bits per heavy atom. The van der Waals surface area contributed by atoms with E-state index in [0.29, 0.717) is 53.6 Å². The van der Waals surface area contributed by atoms with E-state index in [0.717, 1.165) is 6.42 Å². The number of hydrogen-bond donors (Lipinski definition) is 1. The van der Waals surface area contributed by atoms with Crippen LogP contribution in [0.3, 0.4) is 0 Å². The van der Waals surface area contributed by atoms with Crippen LogP contribution < -0.4 is 15.0 Å². The molecule has 0 spiro atoms. The van der Waals surface area contributed by atoms with Gasteiger partial charge >= 0.3 is 0 Å². The van der Waals surface area contributed by atoms with Gasteiger partial charge in [0.05, 0.1) is 12.9 Å². The topological polar surface area (TPSA) is 87.7 Å². The minimum absolute atomic E-state index is 0.0297. The van der Waals surface area contributed by atoms with E-state index in [1.165, 1.54) is 22.9 Å². The molecular formula is C34H36ClN5O3S. The fourth-order valence-corrected chi connectivity index (χ4v) is 6.35. The molecule has 8 nitrogen and oxygen atoms in total. The molecule has 228 valence electrons. The number of amides is 2. The lowest BCUT2D eigenvalue weighted by atomic mass is 9.88. The summed E-state index contributed by atoms with van der Waals surface area (Å²) in [7, 11) is 1.59. The molecule has 1 aliphatic rings. The minimum atomic E-state index is -0.0849. The number of aromatic nitrogens is 2. The molecule has 10 heteroatoms. The molecule has 0 bridgehead atoms. The maximum absolute atomic E-state index is 13.2. The molecule has 44 heavy (non-hydrogen) atoms. The number of piperazine rings is 1. The molecule has 1 N–H and O–H groups in total. The van der Waals surface area contributed by atoms with Crippen molar-refractivity contribution >= 4 is 41.0 Å². The van der Waals surface area contributed by atoms with Gasteiger partial charge in [-0.25, -0.2) is 9.97 Å². The number of carbonyl (C=O) groups is 2. The first kappa shape index (κ1) is 31.3. The van der Waals surface area contributed by atoms with Crippen LogP contribution in [0.4, 0.5) is 5.82 Å². The van der Waals surface area contributed by atoms with Gasteiger partial charge in [0.15, 0.2) is 5.16 Å². The second-order valence-electron chi connectivity index (χ2n) is 10.7. The highest BCUT2D eigenvalue weighted by molar-refractivity contribution is 7.99. The van der Waals surface area contributed by atoms with Crippen molar-refractivity contribution in [2.24, 2.45) is 0 Å². The number of benzene rings is 3. The van der Waals surface area contributed by atoms with Crippen LogP contribution in [0.15, 0.2) is 96.2 Å². The number of rotatable bonds is 11. The summed E-state index contributed by atoms with van der Waals surface area (Å²) in [6.07, 6.45) is 0.784. The van der Waals surface area contributed by atoms with Crippen LogP contribution in [-0.4, -0.2) is 71.8 Å². The maximum Gasteiger partial charge on any atom is 0.254 e. The van der Waals surface area contributed by atoms with Crippen molar-refractivity contribution in [3.05, 3.63) is 113 Å². The quantitative estimate of drug-likeness (QED) is 0.125. The van der Waals surface area contributed by atoms with Crippen LogP contribution in [0.2, 0.25) is 5.15 Å². The Kier molecular flexibility index (Phi) is 10.7. The number of ether oxygens (including phenoxy) is 1. The zero-order valence-electron chi connectivity index (χ0n) is 24.9. The second-order valence-corrected chi connectivity index (χ2v) is 12.0. The number of nitrogens with one attached hydrogen (secondary N) is 1. The Labute approximate surface area is 267 Å². The van der Waals surface area contributed by atoms with E-state index < -0.39 is 0 Å². The van der Waals surface area contributed by atoms with Gasteiger partial charge in [-0.15, -0.1) is 0 Å². The van der Waals surface area contributed by atoms with E-state index in [-0.39, 0.29) is 29.5 Å². The lowest BCUT2D eigenvalue weighted by Crippen LogP contribution is -2.54. The summed E-state index contributed by atoms with van der Waals surface area (Å²) in [5.41, 5.74) is 3.05. The third kappa shape index (κ3) is 8.09. The van der Waals surface area contributed by atoms with E-state index in [4.69, 9.17) is 21.3 Å². The Morgan fingerprint density at radius 2 is 1.68 bits per heavy atom. The fraction of sp³-hybridized carbons (Fsp3) is 0.294. The van der Waals surface area contributed by atoms with Gasteiger partial charge in [-0.1, -0.05) is 90.1 Å². The average Bonchev–Trinajstić information content (AvgIpc) is 3.06. The van der Waals surface area contributed by atoms with Gasteiger partial charge in [-0.05, 0) is 42.7 Å². The molecule has 5 rings (SSSR count). The van der Waals surface area contributed by atoms with Gasteiger partial charge in [0, 0.05) is 49.8 Å². The van der Waals surface area contributed by atoms with E-state index in [9.17, 15) is 9.59 Å². The van der Waals surface area contributed by atoms with Gasteiger partial charge in [-0.3, -0.25) is 9.59 Å². The molecule has 3 aromatic carbocycles. The highest BCUT2D eigenvalue weighted by Gasteiger charge is 2.29. The molecule has 2 heterocycles. The summed E-state index contributed by atoms with van der Waals surface area (Å²) in [4.78, 5) is 39.0. The number of hydrogen-bond acceptors (Lipinski definition) is 7. The van der Waals surface area contributed by atoms with Crippen LogP contribution >= 0.6 is 23.4 Å². The number of thioether (sulfide) groups is 1. The highest BCUT2D eigenvalue weighted by atomic mass is 35.5. The van der Waals surface area contributed by atoms with Crippen LogP contribution in [-0.2, 0) is 4.79 Å². The van der Waals surface area contributed by atoms with E-state index >= 15 is 0 Å². The Bertz CT molecular complexity index is 1520. The lowest BCUT2D eigenvalue weighted by molar-refractivity contribution is -0.118. The van der Waals surface area contributed by atoms with Crippen LogP contribution in [0, 0.1) is 0 Å². The summed E-state index contributed by atoms with van der Waals surface area (Å²) in [5.74, 6) is 1.59. The van der Waals surface area contributed by atoms with Crippen LogP contribution in [0.1, 0.15) is 40.7 Å². The van der Waals surface area contributed by atoms with Gasteiger partial charge in [0.1, 0.15) is 16.7 Å². The number of halogens is 1. The number of anilines is 1. The van der Waals surface area contributed by atoms with Crippen molar-refractivity contribution in [2.45, 2.75) is 30.5 Å². The predicted molar refractivity (Wildman–Crippen MR) is 176 cm³/mol. The molecule has 0 radical (unpaired) electrons. The summed E-state index contributed by atoms with van der Waals surface area (Å²) >= 11 is 7.63. The third-order valence-electron chi connectivity index (χ3n) is 7.68. The molecule has 1 saturated heterocycles. The van der Waals surface area contributed by atoms with Crippen molar-refractivity contribution in [3.63, 3.8) is 0 Å². The molecule has 2 amide bonds. The number of methoxy groups -OCH3 is 1. The van der Waals surface area contributed by atoms with Gasteiger partial charge in [-0.2, -0.15) is 0 Å². The Morgan fingerprint density at radius 3 is 2.34 bits per heavy atom. The van der Waals surface area contributed by atoms with Crippen molar-refractivity contribution in [2.75, 3.05) is 43.9 Å². The first-order valence-corrected chi connectivity index (χ1v) is 16.0. The third-order valence-corrected chi connectivity index (χ3v) is 8.72. The van der Waals surface area contributed by atoms with Crippen molar-refractivity contribution in [1.29, 1.82) is 0 Å². The summed E-state index contributed by atoms with van der Waals surface area (Å²) in [6.45, 7) is 4.30.